The van der Waals surface area contributed by atoms with Gasteiger partial charge in [0.2, 0.25) is 65.0 Å². The molecule has 83 heavy (non-hydrogen) atoms. The molecule has 1 rings (SSSR count). The van der Waals surface area contributed by atoms with Crippen LogP contribution in [0.5, 0.6) is 0 Å². The molecule has 1 saturated heterocycles. The van der Waals surface area contributed by atoms with Crippen LogP contribution in [0.4, 0.5) is 0 Å². The third-order valence-corrected chi connectivity index (χ3v) is 15.6. The first-order chi connectivity index (χ1) is 38.2. The predicted molar refractivity (Wildman–Crippen MR) is 319 cm³/mol. The second-order valence-electron chi connectivity index (χ2n) is 25.9. The molecule has 476 valence electrons. The van der Waals surface area contributed by atoms with E-state index in [1.165, 1.54) is 87.7 Å². The molecule has 0 unspecified atom stereocenters. The van der Waals surface area contributed by atoms with Gasteiger partial charge in [0.15, 0.2) is 0 Å². The van der Waals surface area contributed by atoms with Crippen LogP contribution in [-0.2, 0) is 52.7 Å². The number of hydrogen-bond donors (Lipinski definition) is 5. The smallest absolute Gasteiger partial charge is 0.246 e. The van der Waals surface area contributed by atoms with E-state index in [2.05, 4.69) is 21.3 Å². The van der Waals surface area contributed by atoms with Crippen LogP contribution < -0.4 is 21.3 Å². The van der Waals surface area contributed by atoms with E-state index < -0.39 is 156 Å². The van der Waals surface area contributed by atoms with Gasteiger partial charge in [0.25, 0.3) is 0 Å². The molecular weight excluding hydrogens is 1070 g/mol. The van der Waals surface area contributed by atoms with Crippen molar-refractivity contribution >= 4 is 65.0 Å². The Kier molecular flexibility index (Phi) is 30.4. The molecule has 0 spiro atoms. The zero-order valence-corrected chi connectivity index (χ0v) is 54.9. The monoisotopic (exact) mass is 1180 g/mol. The van der Waals surface area contributed by atoms with Crippen molar-refractivity contribution in [2.75, 3.05) is 55.9 Å². The summed E-state index contributed by atoms with van der Waals surface area (Å²) >= 11 is 0. The molecule has 23 heteroatoms. The molecule has 0 radical (unpaired) electrons. The molecule has 11 atom stereocenters. The van der Waals surface area contributed by atoms with E-state index in [9.17, 15) is 53.1 Å². The average Bonchev–Trinajstić information content (AvgIpc) is 3.42. The first kappa shape index (κ1) is 75.1. The lowest BCUT2D eigenvalue weighted by molar-refractivity contribution is -0.157. The maximum atomic E-state index is 15.0. The summed E-state index contributed by atoms with van der Waals surface area (Å²) in [6.45, 7) is 29.3. The van der Waals surface area contributed by atoms with Gasteiger partial charge in [-0.3, -0.25) is 52.7 Å². The van der Waals surface area contributed by atoms with Gasteiger partial charge < -0.3 is 60.7 Å². The van der Waals surface area contributed by atoms with E-state index in [1.54, 1.807) is 48.5 Å². The molecule has 5 N–H and O–H groups in total. The molecule has 1 fully saturated rings. The van der Waals surface area contributed by atoms with Gasteiger partial charge in [-0.25, -0.2) is 0 Å². The molecule has 11 amide bonds. The highest BCUT2D eigenvalue weighted by atomic mass is 16.3. The third kappa shape index (κ3) is 21.0. The van der Waals surface area contributed by atoms with Crippen molar-refractivity contribution in [2.45, 2.75) is 223 Å². The van der Waals surface area contributed by atoms with Crippen LogP contribution in [0.2, 0.25) is 0 Å². The van der Waals surface area contributed by atoms with Gasteiger partial charge in [-0.2, -0.15) is 0 Å². The summed E-state index contributed by atoms with van der Waals surface area (Å²) < 4.78 is 0. The molecule has 0 aromatic rings. The number of hydrogen-bond acceptors (Lipinski definition) is 12. The summed E-state index contributed by atoms with van der Waals surface area (Å²) in [6, 6.07) is -12.2. The van der Waals surface area contributed by atoms with Crippen LogP contribution >= 0.6 is 0 Å². The van der Waals surface area contributed by atoms with E-state index in [0.717, 1.165) is 9.80 Å². The number of aliphatic hydroxyl groups excluding tert-OH is 1. The molecule has 0 saturated carbocycles. The number of amides is 11. The average molecular weight is 1180 g/mol. The highest BCUT2D eigenvalue weighted by Crippen LogP contribution is 2.25. The van der Waals surface area contributed by atoms with Crippen LogP contribution in [0.3, 0.4) is 0 Å². The molecule has 0 aromatic carbocycles. The minimum Gasteiger partial charge on any atom is -0.390 e. The molecule has 1 aliphatic heterocycles. The van der Waals surface area contributed by atoms with Crippen molar-refractivity contribution < 1.29 is 57.8 Å². The number of nitrogens with one attached hydrogen (secondary N) is 4. The van der Waals surface area contributed by atoms with Gasteiger partial charge in [0.1, 0.15) is 60.4 Å². The van der Waals surface area contributed by atoms with Gasteiger partial charge >= 0.3 is 0 Å². The number of carbonyl (C=O) groups excluding carboxylic acids is 11. The van der Waals surface area contributed by atoms with Crippen LogP contribution in [0.1, 0.15) is 156 Å². The van der Waals surface area contributed by atoms with Gasteiger partial charge in [-0.05, 0) is 87.4 Å². The van der Waals surface area contributed by atoms with Crippen LogP contribution in [0, 0.1) is 41.4 Å². The minimum atomic E-state index is -1.58. The summed E-state index contributed by atoms with van der Waals surface area (Å²) in [4.78, 5) is 168. The number of carbonyl (C=O) groups is 11. The van der Waals surface area contributed by atoms with Gasteiger partial charge in [-0.15, -0.1) is 0 Å². The summed E-state index contributed by atoms with van der Waals surface area (Å²) in [5.41, 5.74) is 0. The molecule has 23 nitrogen and oxygen atoms in total. The Balaban J connectivity index is 4.28. The molecule has 1 aliphatic rings. The maximum absolute atomic E-state index is 15.0. The molecule has 0 aromatic heterocycles. The van der Waals surface area contributed by atoms with Crippen molar-refractivity contribution in [3.05, 3.63) is 0 Å². The van der Waals surface area contributed by atoms with Crippen LogP contribution in [0.15, 0.2) is 0 Å². The standard InChI is InChI=1S/C60H109N11O12/c1-25-26-41-56(79)65(18)31-46(72)66(19)42(27-32(2)3)53(76)64-47(36(10)11)59(82)67(20)43(28-33(4)5)52(75)61-39(16)51(74)62-40(17)55(78)68(21)44(29-34(6)7)57(80)69(22)45(30-35(8)9)58(81)70(23)48(37(12)13)60(83)71(24)49(54(77)63-41)50(73)38(14)15/h32-45,47-50,73H,25-31H2,1-24H3,(H,61,75)(H,62,74)(H,63,77)(H,64,76)/t39-,40+,41-,42-,43-,44-,45-,47-,48-,49-,50+/m0/s1. The summed E-state index contributed by atoms with van der Waals surface area (Å²) in [7, 11) is 9.92. The predicted octanol–water partition coefficient (Wildman–Crippen LogP) is 2.71. The van der Waals surface area contributed by atoms with E-state index in [0.29, 0.717) is 6.42 Å². The second kappa shape index (κ2) is 33.6. The minimum absolute atomic E-state index is 0.0998. The van der Waals surface area contributed by atoms with Gasteiger partial charge in [0, 0.05) is 49.3 Å². The first-order valence-electron chi connectivity index (χ1n) is 29.9. The lowest BCUT2D eigenvalue weighted by Gasteiger charge is -2.41. The summed E-state index contributed by atoms with van der Waals surface area (Å²) in [6.07, 6.45) is -0.342. The molecular formula is C60H109N11O12. The number of nitrogens with zero attached hydrogens (tertiary/aromatic N) is 7. The lowest BCUT2D eigenvalue weighted by Crippen LogP contribution is -2.63. The topological polar surface area (TPSA) is 279 Å². The van der Waals surface area contributed by atoms with E-state index in [1.807, 2.05) is 55.4 Å². The molecule has 1 heterocycles. The normalized spacial score (nSPS) is 26.8. The molecule has 0 aliphatic carbocycles. The zero-order valence-electron chi connectivity index (χ0n) is 54.9. The van der Waals surface area contributed by atoms with Crippen LogP contribution in [0.25, 0.3) is 0 Å². The Labute approximate surface area is 496 Å². The van der Waals surface area contributed by atoms with Crippen molar-refractivity contribution in [3.8, 4) is 0 Å². The number of aliphatic hydroxyl groups is 1. The second-order valence-corrected chi connectivity index (χ2v) is 25.9. The van der Waals surface area contributed by atoms with Crippen molar-refractivity contribution in [3.63, 3.8) is 0 Å². The fourth-order valence-corrected chi connectivity index (χ4v) is 10.5. The van der Waals surface area contributed by atoms with Crippen molar-refractivity contribution in [2.24, 2.45) is 41.4 Å². The quantitative estimate of drug-likeness (QED) is 0.168. The van der Waals surface area contributed by atoms with Crippen LogP contribution in [-0.4, -0.2) is 227 Å². The number of likely N-dealkylation sites (N-methyl/N-ethyl adjacent to an activating group) is 7. The fourth-order valence-electron chi connectivity index (χ4n) is 10.5. The van der Waals surface area contributed by atoms with Crippen molar-refractivity contribution in [1.82, 2.24) is 55.6 Å². The maximum Gasteiger partial charge on any atom is 0.246 e. The van der Waals surface area contributed by atoms with E-state index in [4.69, 9.17) is 0 Å². The largest absolute Gasteiger partial charge is 0.390 e. The van der Waals surface area contributed by atoms with Gasteiger partial charge in [-0.1, -0.05) is 110 Å². The highest BCUT2D eigenvalue weighted by Gasteiger charge is 2.45. The highest BCUT2D eigenvalue weighted by molar-refractivity contribution is 5.99. The number of rotatable bonds is 14. The summed E-state index contributed by atoms with van der Waals surface area (Å²) in [5.74, 6) is -9.59. The van der Waals surface area contributed by atoms with E-state index in [-0.39, 0.29) is 55.8 Å². The Hall–Kier alpha value is -5.87. The zero-order chi connectivity index (χ0) is 64.6. The third-order valence-electron chi connectivity index (χ3n) is 15.6. The lowest BCUT2D eigenvalue weighted by atomic mass is 9.93. The Morgan fingerprint density at radius 2 is 0.819 bits per heavy atom. The first-order valence-corrected chi connectivity index (χ1v) is 29.9. The molecule has 0 bridgehead atoms. The van der Waals surface area contributed by atoms with Gasteiger partial charge in [0.05, 0.1) is 12.6 Å². The fraction of sp³-hybridized carbons (Fsp3) is 0.817. The Bertz CT molecular complexity index is 2240. The summed E-state index contributed by atoms with van der Waals surface area (Å²) in [5, 5.41) is 22.7. The Morgan fingerprint density at radius 1 is 0.422 bits per heavy atom. The SMILES string of the molecule is CCC[C@@H]1NC(=O)[C@H]([C@H](O)C(C)C)N(C)C(=O)[C@H](C(C)C)N(C)C(=O)[C@H](CC(C)C)N(C)C(=O)[C@H](CC(C)C)N(C)C(=O)[C@@H](C)NC(=O)[C@H](C)NC(=O)[C@H](CC(C)C)N(C)C(=O)[C@H](C(C)C)NC(=O)[C@H](CC(C)C)N(C)C(=O)CN(C)C1=O. The van der Waals surface area contributed by atoms with Crippen molar-refractivity contribution in [1.29, 1.82) is 0 Å². The van der Waals surface area contributed by atoms with E-state index >= 15 is 4.79 Å². The Morgan fingerprint density at radius 3 is 1.25 bits per heavy atom.